The smallest absolute Gasteiger partial charge is 0.339 e. The van der Waals surface area contributed by atoms with E-state index in [-0.39, 0.29) is 21.8 Å². The van der Waals surface area contributed by atoms with E-state index in [0.29, 0.717) is 6.42 Å². The molecule has 0 saturated heterocycles. The van der Waals surface area contributed by atoms with E-state index in [0.717, 1.165) is 47.9 Å². The number of anilines is 1. The van der Waals surface area contributed by atoms with Crippen LogP contribution < -0.4 is 5.32 Å². The summed E-state index contributed by atoms with van der Waals surface area (Å²) in [5.74, 6) is -2.33. The van der Waals surface area contributed by atoms with Crippen LogP contribution in [0.4, 0.5) is 10.7 Å². The number of nitro groups is 1. The first kappa shape index (κ1) is 16.9. The summed E-state index contributed by atoms with van der Waals surface area (Å²) in [5, 5.41) is 32.8. The Hall–Kier alpha value is -2.94. The summed E-state index contributed by atoms with van der Waals surface area (Å²) < 4.78 is 0. The van der Waals surface area contributed by atoms with Gasteiger partial charge in [-0.25, -0.2) is 4.79 Å². The van der Waals surface area contributed by atoms with Gasteiger partial charge >= 0.3 is 5.97 Å². The number of phenols is 1. The van der Waals surface area contributed by atoms with Crippen molar-refractivity contribution in [3.8, 4) is 5.75 Å². The molecule has 0 bridgehead atoms. The normalized spacial score (nSPS) is 13.1. The summed E-state index contributed by atoms with van der Waals surface area (Å²) in [4.78, 5) is 35.1. The van der Waals surface area contributed by atoms with Gasteiger partial charge in [-0.15, -0.1) is 11.3 Å². The monoisotopic (exact) mass is 362 g/mol. The Kier molecular flexibility index (Phi) is 4.41. The standard InChI is InChI=1S/C16H14N2O6S/c19-11-6-5-8(18(23)24)7-10(11)14(20)17-15-13(16(21)22)9-3-1-2-4-12(9)25-15/h5-7,19H,1-4H2,(H,17,20)(H,21,22). The Morgan fingerprint density at radius 3 is 2.64 bits per heavy atom. The summed E-state index contributed by atoms with van der Waals surface area (Å²) in [7, 11) is 0. The molecule has 0 radical (unpaired) electrons. The van der Waals surface area contributed by atoms with Crippen LogP contribution in [-0.2, 0) is 12.8 Å². The van der Waals surface area contributed by atoms with E-state index in [9.17, 15) is 29.9 Å². The van der Waals surface area contributed by atoms with E-state index in [4.69, 9.17) is 0 Å². The van der Waals surface area contributed by atoms with E-state index in [1.165, 1.54) is 11.3 Å². The molecule has 1 aromatic heterocycles. The molecule has 1 aliphatic carbocycles. The number of rotatable bonds is 4. The predicted molar refractivity (Wildman–Crippen MR) is 90.6 cm³/mol. The number of carbonyl (C=O) groups excluding carboxylic acids is 1. The van der Waals surface area contributed by atoms with Crippen LogP contribution in [0.2, 0.25) is 0 Å². The molecule has 8 nitrogen and oxygen atoms in total. The number of benzene rings is 1. The topological polar surface area (TPSA) is 130 Å². The molecule has 1 amide bonds. The molecule has 1 aromatic carbocycles. The number of non-ortho nitro benzene ring substituents is 1. The molecule has 25 heavy (non-hydrogen) atoms. The van der Waals surface area contributed by atoms with Crippen molar-refractivity contribution in [2.75, 3.05) is 5.32 Å². The molecule has 0 fully saturated rings. The van der Waals surface area contributed by atoms with E-state index in [1.807, 2.05) is 0 Å². The highest BCUT2D eigenvalue weighted by Crippen LogP contribution is 2.38. The third-order valence-electron chi connectivity index (χ3n) is 4.05. The van der Waals surface area contributed by atoms with Crippen molar-refractivity contribution in [3.63, 3.8) is 0 Å². The Bertz CT molecular complexity index is 889. The molecule has 0 atom stereocenters. The molecule has 2 aromatic rings. The SMILES string of the molecule is O=C(Nc1sc2c(c1C(=O)O)CCCC2)c1cc([N+](=O)[O-])ccc1O. The third-order valence-corrected chi connectivity index (χ3v) is 5.26. The number of fused-ring (bicyclic) bond motifs is 1. The number of phenolic OH excluding ortho intramolecular Hbond substituents is 1. The van der Waals surface area contributed by atoms with Crippen LogP contribution in [0.3, 0.4) is 0 Å². The van der Waals surface area contributed by atoms with Gasteiger partial charge in [-0.3, -0.25) is 14.9 Å². The van der Waals surface area contributed by atoms with Crippen LogP contribution >= 0.6 is 11.3 Å². The van der Waals surface area contributed by atoms with Gasteiger partial charge in [-0.2, -0.15) is 0 Å². The number of aryl methyl sites for hydroxylation is 1. The number of carbonyl (C=O) groups is 2. The quantitative estimate of drug-likeness (QED) is 0.566. The minimum Gasteiger partial charge on any atom is -0.507 e. The van der Waals surface area contributed by atoms with Gasteiger partial charge in [0.1, 0.15) is 10.8 Å². The fourth-order valence-corrected chi connectivity index (χ4v) is 4.15. The molecular weight excluding hydrogens is 348 g/mol. The van der Waals surface area contributed by atoms with Crippen molar-refractivity contribution < 1.29 is 24.7 Å². The van der Waals surface area contributed by atoms with E-state index in [2.05, 4.69) is 5.32 Å². The van der Waals surface area contributed by atoms with Crippen LogP contribution in [-0.4, -0.2) is 27.0 Å². The van der Waals surface area contributed by atoms with Gasteiger partial charge in [-0.1, -0.05) is 0 Å². The highest BCUT2D eigenvalue weighted by molar-refractivity contribution is 7.17. The summed E-state index contributed by atoms with van der Waals surface area (Å²) in [6, 6.07) is 3.10. The lowest BCUT2D eigenvalue weighted by Crippen LogP contribution is -2.14. The molecule has 3 rings (SSSR count). The Labute approximate surface area is 145 Å². The Morgan fingerprint density at radius 2 is 1.96 bits per heavy atom. The van der Waals surface area contributed by atoms with Crippen LogP contribution in [0.15, 0.2) is 18.2 Å². The summed E-state index contributed by atoms with van der Waals surface area (Å²) in [6.45, 7) is 0. The lowest BCUT2D eigenvalue weighted by atomic mass is 9.95. The van der Waals surface area contributed by atoms with Crippen molar-refractivity contribution >= 4 is 33.9 Å². The number of hydrogen-bond acceptors (Lipinski definition) is 6. The zero-order valence-corrected chi connectivity index (χ0v) is 13.8. The number of thiophene rings is 1. The van der Waals surface area contributed by atoms with E-state index >= 15 is 0 Å². The second-order valence-electron chi connectivity index (χ2n) is 5.63. The molecule has 9 heteroatoms. The van der Waals surface area contributed by atoms with Crippen molar-refractivity contribution in [1.82, 2.24) is 0 Å². The van der Waals surface area contributed by atoms with Crippen LogP contribution in [0.1, 0.15) is 44.0 Å². The summed E-state index contributed by atoms with van der Waals surface area (Å²) >= 11 is 1.20. The first-order valence-electron chi connectivity index (χ1n) is 7.55. The number of carboxylic acids is 1. The minimum absolute atomic E-state index is 0.0676. The van der Waals surface area contributed by atoms with Gasteiger partial charge in [0.25, 0.3) is 11.6 Å². The van der Waals surface area contributed by atoms with Gasteiger partial charge in [0.15, 0.2) is 0 Å². The maximum atomic E-state index is 12.4. The molecule has 0 unspecified atom stereocenters. The number of amides is 1. The largest absolute Gasteiger partial charge is 0.507 e. The highest BCUT2D eigenvalue weighted by Gasteiger charge is 2.27. The van der Waals surface area contributed by atoms with Gasteiger partial charge in [0.2, 0.25) is 0 Å². The third kappa shape index (κ3) is 3.18. The molecule has 3 N–H and O–H groups in total. The Balaban J connectivity index is 1.97. The Morgan fingerprint density at radius 1 is 1.24 bits per heavy atom. The number of aromatic hydroxyl groups is 1. The van der Waals surface area contributed by atoms with Crippen molar-refractivity contribution in [1.29, 1.82) is 0 Å². The fraction of sp³-hybridized carbons (Fsp3) is 0.250. The van der Waals surface area contributed by atoms with Gasteiger partial charge < -0.3 is 15.5 Å². The van der Waals surface area contributed by atoms with E-state index in [1.54, 1.807) is 0 Å². The molecule has 1 heterocycles. The summed E-state index contributed by atoms with van der Waals surface area (Å²) in [5.41, 5.74) is 0.184. The molecule has 0 aliphatic heterocycles. The maximum absolute atomic E-state index is 12.4. The first-order chi connectivity index (χ1) is 11.9. The van der Waals surface area contributed by atoms with Crippen LogP contribution in [0.25, 0.3) is 0 Å². The molecule has 0 spiro atoms. The number of nitrogens with one attached hydrogen (secondary N) is 1. The number of hydrogen-bond donors (Lipinski definition) is 3. The maximum Gasteiger partial charge on any atom is 0.339 e. The second kappa shape index (κ2) is 6.52. The zero-order chi connectivity index (χ0) is 18.1. The number of nitro benzene ring substituents is 1. The number of aromatic carboxylic acids is 1. The average molecular weight is 362 g/mol. The predicted octanol–water partition coefficient (Wildman–Crippen LogP) is 3.19. The van der Waals surface area contributed by atoms with Gasteiger partial charge in [0.05, 0.1) is 16.1 Å². The lowest BCUT2D eigenvalue weighted by molar-refractivity contribution is -0.384. The van der Waals surface area contributed by atoms with Crippen LogP contribution in [0, 0.1) is 10.1 Å². The number of nitrogens with zero attached hydrogens (tertiary/aromatic N) is 1. The fourth-order valence-electron chi connectivity index (χ4n) is 2.87. The van der Waals surface area contributed by atoms with E-state index < -0.39 is 22.5 Å². The zero-order valence-electron chi connectivity index (χ0n) is 12.9. The van der Waals surface area contributed by atoms with Crippen molar-refractivity contribution in [2.45, 2.75) is 25.7 Å². The average Bonchev–Trinajstić information content (AvgIpc) is 2.92. The van der Waals surface area contributed by atoms with Crippen LogP contribution in [0.5, 0.6) is 5.75 Å². The second-order valence-corrected chi connectivity index (χ2v) is 6.74. The van der Waals surface area contributed by atoms with Gasteiger partial charge in [-0.05, 0) is 37.3 Å². The van der Waals surface area contributed by atoms with Gasteiger partial charge in [0, 0.05) is 17.0 Å². The summed E-state index contributed by atoms with van der Waals surface area (Å²) in [6.07, 6.45) is 3.26. The molecular formula is C16H14N2O6S. The highest BCUT2D eigenvalue weighted by atomic mass is 32.1. The minimum atomic E-state index is -1.13. The molecule has 130 valence electrons. The number of carboxylic acid groups (broad SMARTS) is 1. The van der Waals surface area contributed by atoms with Crippen molar-refractivity contribution in [2.24, 2.45) is 0 Å². The molecule has 0 saturated carbocycles. The van der Waals surface area contributed by atoms with Crippen molar-refractivity contribution in [3.05, 3.63) is 49.9 Å². The lowest BCUT2D eigenvalue weighted by Gasteiger charge is -2.10. The first-order valence-corrected chi connectivity index (χ1v) is 8.36. The molecule has 1 aliphatic rings.